The lowest BCUT2D eigenvalue weighted by Crippen LogP contribution is -2.41. The van der Waals surface area contributed by atoms with E-state index in [4.69, 9.17) is 9.31 Å². The first-order chi connectivity index (χ1) is 11.1. The molecule has 0 amide bonds. The van der Waals surface area contributed by atoms with Gasteiger partial charge in [-0.2, -0.15) is 0 Å². The summed E-state index contributed by atoms with van der Waals surface area (Å²) in [6.45, 7) is 9.92. The highest BCUT2D eigenvalue weighted by molar-refractivity contribution is 6.56. The Morgan fingerprint density at radius 1 is 1.25 bits per heavy atom. The summed E-state index contributed by atoms with van der Waals surface area (Å²) in [6, 6.07) is 4.21. The van der Waals surface area contributed by atoms with Gasteiger partial charge in [-0.3, -0.25) is 4.79 Å². The summed E-state index contributed by atoms with van der Waals surface area (Å²) >= 11 is 0. The molecule has 0 aromatic heterocycles. The molecule has 0 unspecified atom stereocenters. The highest BCUT2D eigenvalue weighted by Crippen LogP contribution is 2.38. The second-order valence-corrected chi connectivity index (χ2v) is 7.13. The number of nitrogens with one attached hydrogen (secondary N) is 1. The van der Waals surface area contributed by atoms with Crippen molar-refractivity contribution in [2.75, 3.05) is 13.6 Å². The Kier molecular flexibility index (Phi) is 5.33. The summed E-state index contributed by atoms with van der Waals surface area (Å²) < 4.78 is 25.6. The number of hydrogen-bond donors (Lipinski definition) is 1. The molecule has 4 nitrogen and oxygen atoms in total. The number of halogens is 1. The largest absolute Gasteiger partial charge is 0.491 e. The Bertz CT molecular complexity index is 654. The van der Waals surface area contributed by atoms with Gasteiger partial charge in [0.15, 0.2) is 5.78 Å². The zero-order valence-corrected chi connectivity index (χ0v) is 15.2. The molecule has 1 fully saturated rings. The zero-order chi connectivity index (χ0) is 18.1. The summed E-state index contributed by atoms with van der Waals surface area (Å²) in [5, 5.41) is 3.09. The van der Waals surface area contributed by atoms with Crippen LogP contribution < -0.4 is 5.32 Å². The molecule has 0 bridgehead atoms. The lowest BCUT2D eigenvalue weighted by molar-refractivity contribution is 0.00578. The van der Waals surface area contributed by atoms with E-state index in [2.05, 4.69) is 5.32 Å². The van der Waals surface area contributed by atoms with Crippen LogP contribution in [0.4, 0.5) is 4.39 Å². The molecule has 130 valence electrons. The molecule has 1 heterocycles. The van der Waals surface area contributed by atoms with Crippen LogP contribution in [0.5, 0.6) is 0 Å². The van der Waals surface area contributed by atoms with Crippen LogP contribution in [-0.4, -0.2) is 37.7 Å². The standard InChI is InChI=1S/C18H25BFNO3/c1-12(22)16-10-15(20)8-7-13(16)9-14(11-21-6)19-23-17(2,3)18(4,5)24-19/h7-10,21H,11H2,1-6H3. The van der Waals surface area contributed by atoms with Gasteiger partial charge in [-0.05, 0) is 64.8 Å². The summed E-state index contributed by atoms with van der Waals surface area (Å²) in [4.78, 5) is 11.8. The number of carbonyl (C=O) groups excluding carboxylic acids is 1. The number of carbonyl (C=O) groups is 1. The average molecular weight is 333 g/mol. The second-order valence-electron chi connectivity index (χ2n) is 7.13. The van der Waals surface area contributed by atoms with E-state index in [1.54, 1.807) is 6.07 Å². The van der Waals surface area contributed by atoms with E-state index in [0.717, 1.165) is 5.47 Å². The van der Waals surface area contributed by atoms with Crippen molar-refractivity contribution in [1.29, 1.82) is 0 Å². The molecule has 2 rings (SSSR count). The summed E-state index contributed by atoms with van der Waals surface area (Å²) in [7, 11) is 1.31. The van der Waals surface area contributed by atoms with Gasteiger partial charge in [-0.1, -0.05) is 12.1 Å². The summed E-state index contributed by atoms with van der Waals surface area (Å²) in [6.07, 6.45) is 1.84. The molecular formula is C18H25BFNO3. The molecule has 1 aromatic carbocycles. The molecule has 0 saturated carbocycles. The lowest BCUT2D eigenvalue weighted by Gasteiger charge is -2.32. The van der Waals surface area contributed by atoms with Crippen molar-refractivity contribution in [2.24, 2.45) is 0 Å². The van der Waals surface area contributed by atoms with Crippen LogP contribution in [0, 0.1) is 5.82 Å². The number of hydrogen-bond acceptors (Lipinski definition) is 4. The number of benzene rings is 1. The van der Waals surface area contributed by atoms with Crippen LogP contribution in [0.15, 0.2) is 23.7 Å². The molecule has 1 aromatic rings. The Labute approximate surface area is 143 Å². The molecule has 6 heteroatoms. The molecule has 1 saturated heterocycles. The predicted octanol–water partition coefficient (Wildman–Crippen LogP) is 3.26. The Morgan fingerprint density at radius 2 is 1.83 bits per heavy atom. The lowest BCUT2D eigenvalue weighted by atomic mass is 9.76. The molecule has 0 spiro atoms. The minimum absolute atomic E-state index is 0.182. The van der Waals surface area contributed by atoms with Crippen LogP contribution >= 0.6 is 0 Å². The summed E-state index contributed by atoms with van der Waals surface area (Å²) in [5.41, 5.74) is 0.960. The van der Waals surface area contributed by atoms with E-state index >= 15 is 0 Å². The zero-order valence-electron chi connectivity index (χ0n) is 15.2. The van der Waals surface area contributed by atoms with Gasteiger partial charge in [0.2, 0.25) is 0 Å². The van der Waals surface area contributed by atoms with Crippen LogP contribution in [0.3, 0.4) is 0 Å². The van der Waals surface area contributed by atoms with Gasteiger partial charge in [-0.25, -0.2) is 4.39 Å². The molecule has 1 N–H and O–H groups in total. The van der Waals surface area contributed by atoms with Crippen molar-refractivity contribution in [3.63, 3.8) is 0 Å². The van der Waals surface area contributed by atoms with Crippen molar-refractivity contribution in [3.8, 4) is 0 Å². The maximum absolute atomic E-state index is 13.5. The molecule has 0 aliphatic carbocycles. The SMILES string of the molecule is CNCC(=Cc1ccc(F)cc1C(C)=O)B1OC(C)(C)C(C)(C)O1. The number of ketones is 1. The van der Waals surface area contributed by atoms with Crippen molar-refractivity contribution < 1.29 is 18.5 Å². The van der Waals surface area contributed by atoms with Gasteiger partial charge in [0.1, 0.15) is 5.82 Å². The van der Waals surface area contributed by atoms with E-state index in [1.165, 1.54) is 19.1 Å². The smallest absolute Gasteiger partial charge is 0.400 e. The first kappa shape index (κ1) is 18.8. The first-order valence-electron chi connectivity index (χ1n) is 8.08. The molecule has 0 radical (unpaired) electrons. The second kappa shape index (κ2) is 6.79. The first-order valence-corrected chi connectivity index (χ1v) is 8.08. The van der Waals surface area contributed by atoms with E-state index in [-0.39, 0.29) is 5.78 Å². The average Bonchev–Trinajstić information content (AvgIpc) is 2.68. The van der Waals surface area contributed by atoms with E-state index in [1.807, 2.05) is 40.8 Å². The topological polar surface area (TPSA) is 47.6 Å². The number of likely N-dealkylation sites (N-methyl/N-ethyl adjacent to an activating group) is 1. The Balaban J connectivity index is 2.42. The monoisotopic (exact) mass is 333 g/mol. The van der Waals surface area contributed by atoms with E-state index < -0.39 is 24.1 Å². The van der Waals surface area contributed by atoms with Gasteiger partial charge in [0.25, 0.3) is 0 Å². The summed E-state index contributed by atoms with van der Waals surface area (Å²) in [5.74, 6) is -0.610. The number of Topliss-reactive ketones (excluding diaryl/α,β-unsaturated/α-hetero) is 1. The third-order valence-corrected chi connectivity index (χ3v) is 4.67. The predicted molar refractivity (Wildman–Crippen MR) is 94.4 cm³/mol. The van der Waals surface area contributed by atoms with Gasteiger partial charge in [0, 0.05) is 12.1 Å². The fourth-order valence-corrected chi connectivity index (χ4v) is 2.56. The van der Waals surface area contributed by atoms with Crippen LogP contribution in [0.25, 0.3) is 6.08 Å². The van der Waals surface area contributed by atoms with Crippen molar-refractivity contribution in [2.45, 2.75) is 45.8 Å². The van der Waals surface area contributed by atoms with Crippen LogP contribution in [0.2, 0.25) is 0 Å². The van der Waals surface area contributed by atoms with Crippen molar-refractivity contribution >= 4 is 19.0 Å². The molecule has 24 heavy (non-hydrogen) atoms. The third kappa shape index (κ3) is 3.77. The number of rotatable bonds is 5. The highest BCUT2D eigenvalue weighted by atomic mass is 19.1. The maximum Gasteiger partial charge on any atom is 0.491 e. The van der Waals surface area contributed by atoms with Crippen LogP contribution in [-0.2, 0) is 9.31 Å². The molecule has 1 aliphatic rings. The van der Waals surface area contributed by atoms with Gasteiger partial charge >= 0.3 is 7.12 Å². The van der Waals surface area contributed by atoms with Crippen LogP contribution in [0.1, 0.15) is 50.5 Å². The fourth-order valence-electron chi connectivity index (χ4n) is 2.56. The van der Waals surface area contributed by atoms with Gasteiger partial charge in [0.05, 0.1) is 11.2 Å². The normalized spacial score (nSPS) is 19.6. The minimum atomic E-state index is -0.521. The maximum atomic E-state index is 13.5. The third-order valence-electron chi connectivity index (χ3n) is 4.67. The minimum Gasteiger partial charge on any atom is -0.400 e. The highest BCUT2D eigenvalue weighted by Gasteiger charge is 2.52. The Hall–Kier alpha value is -1.50. The fraction of sp³-hybridized carbons (Fsp3) is 0.500. The van der Waals surface area contributed by atoms with Gasteiger partial charge < -0.3 is 14.6 Å². The Morgan fingerprint density at radius 3 is 2.33 bits per heavy atom. The quantitative estimate of drug-likeness (QED) is 0.664. The van der Waals surface area contributed by atoms with Crippen molar-refractivity contribution in [1.82, 2.24) is 5.32 Å². The molecule has 1 aliphatic heterocycles. The van der Waals surface area contributed by atoms with E-state index in [0.29, 0.717) is 17.7 Å². The molecule has 0 atom stereocenters. The van der Waals surface area contributed by atoms with Gasteiger partial charge in [-0.15, -0.1) is 0 Å². The van der Waals surface area contributed by atoms with Crippen molar-refractivity contribution in [3.05, 3.63) is 40.6 Å². The molecular weight excluding hydrogens is 308 g/mol. The van der Waals surface area contributed by atoms with E-state index in [9.17, 15) is 9.18 Å².